The largest absolute Gasteiger partial charge is 0.388 e. The zero-order valence-corrected chi connectivity index (χ0v) is 7.75. The van der Waals surface area contributed by atoms with Crippen LogP contribution in [0.2, 0.25) is 0 Å². The fourth-order valence-corrected chi connectivity index (χ4v) is 1.45. The second-order valence-electron chi connectivity index (χ2n) is 3.16. The molecule has 2 unspecified atom stereocenters. The lowest BCUT2D eigenvalue weighted by atomic mass is 9.97. The fraction of sp³-hybridized carbons (Fsp3) is 1.00. The molecule has 5 atom stereocenters. The van der Waals surface area contributed by atoms with Gasteiger partial charge in [-0.05, 0) is 6.42 Å². The van der Waals surface area contributed by atoms with Crippen molar-refractivity contribution in [2.75, 3.05) is 7.11 Å². The molecule has 13 heavy (non-hydrogen) atoms. The number of aliphatic hydroxyl groups excluding tert-OH is 3. The van der Waals surface area contributed by atoms with Crippen LogP contribution < -0.4 is 0 Å². The third-order valence-electron chi connectivity index (χ3n) is 2.30. The summed E-state index contributed by atoms with van der Waals surface area (Å²) in [4.78, 5) is 0. The number of hydrogen-bond donors (Lipinski definition) is 3. The first kappa shape index (κ1) is 10.9. The molecule has 1 fully saturated rings. The molecule has 0 aliphatic carbocycles. The van der Waals surface area contributed by atoms with Crippen molar-refractivity contribution in [2.45, 2.75) is 44.1 Å². The Balaban J connectivity index is 2.66. The van der Waals surface area contributed by atoms with E-state index in [1.165, 1.54) is 7.11 Å². The van der Waals surface area contributed by atoms with Gasteiger partial charge in [0, 0.05) is 7.11 Å². The van der Waals surface area contributed by atoms with Gasteiger partial charge >= 0.3 is 0 Å². The summed E-state index contributed by atoms with van der Waals surface area (Å²) < 4.78 is 10.0. The number of methoxy groups -OCH3 is 1. The third kappa shape index (κ3) is 2.00. The van der Waals surface area contributed by atoms with Gasteiger partial charge in [0.25, 0.3) is 0 Å². The molecule has 0 radical (unpaired) electrons. The topological polar surface area (TPSA) is 79.2 Å². The van der Waals surface area contributed by atoms with Gasteiger partial charge < -0.3 is 24.8 Å². The molecular weight excluding hydrogens is 176 g/mol. The molecule has 78 valence electrons. The summed E-state index contributed by atoms with van der Waals surface area (Å²) in [5, 5.41) is 28.2. The van der Waals surface area contributed by atoms with E-state index >= 15 is 0 Å². The van der Waals surface area contributed by atoms with Crippen molar-refractivity contribution in [3.05, 3.63) is 0 Å². The van der Waals surface area contributed by atoms with Crippen molar-refractivity contribution in [3.63, 3.8) is 0 Å². The molecular formula is C8H16O5. The van der Waals surface area contributed by atoms with Gasteiger partial charge in [0.1, 0.15) is 18.3 Å². The number of hydrogen-bond acceptors (Lipinski definition) is 5. The van der Waals surface area contributed by atoms with Crippen LogP contribution in [0.4, 0.5) is 0 Å². The predicted octanol–water partition coefficient (Wildman–Crippen LogP) is -1.15. The van der Waals surface area contributed by atoms with Gasteiger partial charge in [-0.15, -0.1) is 0 Å². The average Bonchev–Trinajstić information content (AvgIpc) is 2.15. The van der Waals surface area contributed by atoms with Gasteiger partial charge in [-0.2, -0.15) is 0 Å². The molecule has 0 bridgehead atoms. The fourth-order valence-electron chi connectivity index (χ4n) is 1.45. The van der Waals surface area contributed by atoms with Crippen molar-refractivity contribution in [2.24, 2.45) is 0 Å². The van der Waals surface area contributed by atoms with Crippen LogP contribution in [0.25, 0.3) is 0 Å². The zero-order chi connectivity index (χ0) is 10.0. The van der Waals surface area contributed by atoms with E-state index in [1.807, 2.05) is 6.92 Å². The molecule has 5 heteroatoms. The maximum atomic E-state index is 9.43. The number of aliphatic hydroxyl groups is 3. The van der Waals surface area contributed by atoms with Crippen LogP contribution in [0.5, 0.6) is 0 Å². The second-order valence-corrected chi connectivity index (χ2v) is 3.16. The Labute approximate surface area is 76.9 Å². The molecule has 1 aliphatic heterocycles. The molecule has 3 N–H and O–H groups in total. The summed E-state index contributed by atoms with van der Waals surface area (Å²) in [6.45, 7) is 1.82. The van der Waals surface area contributed by atoms with Gasteiger partial charge in [0.05, 0.1) is 6.10 Å². The summed E-state index contributed by atoms with van der Waals surface area (Å²) in [6.07, 6.45) is -4.23. The highest BCUT2D eigenvalue weighted by molar-refractivity contribution is 4.88. The van der Waals surface area contributed by atoms with Crippen molar-refractivity contribution in [1.29, 1.82) is 0 Å². The first-order valence-electron chi connectivity index (χ1n) is 4.34. The third-order valence-corrected chi connectivity index (χ3v) is 2.30. The van der Waals surface area contributed by atoms with Crippen LogP contribution in [0.3, 0.4) is 0 Å². The van der Waals surface area contributed by atoms with E-state index in [9.17, 15) is 15.3 Å². The van der Waals surface area contributed by atoms with Crippen LogP contribution in [0.15, 0.2) is 0 Å². The maximum absolute atomic E-state index is 9.43. The maximum Gasteiger partial charge on any atom is 0.186 e. The van der Waals surface area contributed by atoms with Crippen molar-refractivity contribution in [3.8, 4) is 0 Å². The molecule has 0 aromatic carbocycles. The first-order chi connectivity index (χ1) is 6.11. The van der Waals surface area contributed by atoms with Crippen LogP contribution in [0, 0.1) is 0 Å². The van der Waals surface area contributed by atoms with E-state index in [4.69, 9.17) is 9.47 Å². The number of rotatable bonds is 2. The molecule has 0 aromatic heterocycles. The Morgan fingerprint density at radius 2 is 1.77 bits per heavy atom. The molecule has 0 spiro atoms. The van der Waals surface area contributed by atoms with Crippen molar-refractivity contribution in [1.82, 2.24) is 0 Å². The Morgan fingerprint density at radius 3 is 2.23 bits per heavy atom. The monoisotopic (exact) mass is 192 g/mol. The molecule has 1 aliphatic rings. The molecule has 0 amide bonds. The lowest BCUT2D eigenvalue weighted by Crippen LogP contribution is -2.57. The summed E-state index contributed by atoms with van der Waals surface area (Å²) in [7, 11) is 1.38. The normalized spacial score (nSPS) is 46.4. The van der Waals surface area contributed by atoms with Gasteiger partial charge in [-0.25, -0.2) is 0 Å². The van der Waals surface area contributed by atoms with E-state index in [1.54, 1.807) is 0 Å². The SMILES string of the molecule is CC[C@H]1OC(OC)[C@@H](O)[C@H](O)C1O. The van der Waals surface area contributed by atoms with E-state index in [-0.39, 0.29) is 0 Å². The van der Waals surface area contributed by atoms with Crippen LogP contribution in [-0.4, -0.2) is 53.1 Å². The van der Waals surface area contributed by atoms with Gasteiger partial charge in [-0.3, -0.25) is 0 Å². The van der Waals surface area contributed by atoms with Crippen LogP contribution in [-0.2, 0) is 9.47 Å². The zero-order valence-electron chi connectivity index (χ0n) is 7.75. The minimum Gasteiger partial charge on any atom is -0.388 e. The second kappa shape index (κ2) is 4.34. The standard InChI is InChI=1S/C8H16O5/c1-3-4-5(9)6(10)7(11)8(12-2)13-4/h4-11H,3H2,1-2H3/t4-,5?,6-,7+,8?/m1/s1. The van der Waals surface area contributed by atoms with Gasteiger partial charge in [-0.1, -0.05) is 6.92 Å². The van der Waals surface area contributed by atoms with E-state index < -0.39 is 30.7 Å². The molecule has 5 nitrogen and oxygen atoms in total. The minimum atomic E-state index is -1.20. The minimum absolute atomic E-state index is 0.483. The van der Waals surface area contributed by atoms with Crippen LogP contribution >= 0.6 is 0 Å². The lowest BCUT2D eigenvalue weighted by molar-refractivity contribution is -0.290. The molecule has 0 saturated carbocycles. The molecule has 0 aromatic rings. The van der Waals surface area contributed by atoms with Gasteiger partial charge in [0.15, 0.2) is 6.29 Å². The first-order valence-corrected chi connectivity index (χ1v) is 4.34. The summed E-state index contributed by atoms with van der Waals surface area (Å²) in [6, 6.07) is 0. The Hall–Kier alpha value is -0.200. The van der Waals surface area contributed by atoms with E-state index in [2.05, 4.69) is 0 Å². The van der Waals surface area contributed by atoms with Crippen molar-refractivity contribution < 1.29 is 24.8 Å². The highest BCUT2D eigenvalue weighted by Crippen LogP contribution is 2.23. The number of ether oxygens (including phenoxy) is 2. The lowest BCUT2D eigenvalue weighted by Gasteiger charge is -2.39. The average molecular weight is 192 g/mol. The Bertz CT molecular complexity index is 143. The smallest absolute Gasteiger partial charge is 0.186 e. The van der Waals surface area contributed by atoms with Gasteiger partial charge in [0.2, 0.25) is 0 Å². The molecule has 1 saturated heterocycles. The Kier molecular flexibility index (Phi) is 3.63. The van der Waals surface area contributed by atoms with E-state index in [0.717, 1.165) is 0 Å². The Morgan fingerprint density at radius 1 is 1.15 bits per heavy atom. The van der Waals surface area contributed by atoms with E-state index in [0.29, 0.717) is 6.42 Å². The molecule has 1 rings (SSSR count). The molecule has 1 heterocycles. The quantitative estimate of drug-likeness (QED) is 0.515. The van der Waals surface area contributed by atoms with Crippen molar-refractivity contribution >= 4 is 0 Å². The predicted molar refractivity (Wildman–Crippen MR) is 44.0 cm³/mol. The summed E-state index contributed by atoms with van der Waals surface area (Å²) >= 11 is 0. The highest BCUT2D eigenvalue weighted by Gasteiger charge is 2.42. The highest BCUT2D eigenvalue weighted by atomic mass is 16.7. The van der Waals surface area contributed by atoms with Crippen LogP contribution in [0.1, 0.15) is 13.3 Å². The summed E-state index contributed by atoms with van der Waals surface area (Å²) in [5.41, 5.74) is 0. The summed E-state index contributed by atoms with van der Waals surface area (Å²) in [5.74, 6) is 0.